The monoisotopic (exact) mass is 291 g/mol. The molecule has 0 aliphatic carbocycles. The lowest BCUT2D eigenvalue weighted by Gasteiger charge is -2.16. The molecule has 22 heavy (non-hydrogen) atoms. The zero-order valence-electron chi connectivity index (χ0n) is 13.3. The van der Waals surface area contributed by atoms with Crippen molar-refractivity contribution >= 4 is 17.1 Å². The number of hydrogen-bond donors (Lipinski definition) is 1. The number of hydrogen-bond acceptors (Lipinski definition) is 3. The van der Waals surface area contributed by atoms with Crippen LogP contribution in [0.3, 0.4) is 0 Å². The summed E-state index contributed by atoms with van der Waals surface area (Å²) in [5.74, 6) is 2.60. The van der Waals surface area contributed by atoms with E-state index >= 15 is 0 Å². The van der Waals surface area contributed by atoms with E-state index in [2.05, 4.69) is 35.4 Å². The molecule has 0 bridgehead atoms. The average molecular weight is 291 g/mol. The molecule has 0 spiro atoms. The topological polar surface area (TPSA) is 27.6 Å². The molecule has 2 rings (SSSR count). The number of rotatable bonds is 5. The summed E-state index contributed by atoms with van der Waals surface area (Å²) in [6, 6.07) is 16.3. The highest BCUT2D eigenvalue weighted by molar-refractivity contribution is 6.04. The number of nitrogens with zero attached hydrogens (tertiary/aromatic N) is 2. The molecule has 3 nitrogen and oxygen atoms in total. The molecule has 112 valence electrons. The molecule has 3 heteroatoms. The summed E-state index contributed by atoms with van der Waals surface area (Å²) in [5.41, 5.74) is 5.25. The van der Waals surface area contributed by atoms with Gasteiger partial charge in [-0.1, -0.05) is 35.7 Å². The molecule has 0 aromatic heterocycles. The summed E-state index contributed by atoms with van der Waals surface area (Å²) in [7, 11) is 1.95. The third-order valence-corrected chi connectivity index (χ3v) is 3.38. The highest BCUT2D eigenvalue weighted by Gasteiger charge is 2.07. The molecule has 2 aromatic carbocycles. The van der Waals surface area contributed by atoms with Crippen molar-refractivity contribution in [3.05, 3.63) is 59.7 Å². The molecule has 0 saturated carbocycles. The minimum Gasteiger partial charge on any atom is -0.374 e. The van der Waals surface area contributed by atoms with E-state index in [1.165, 1.54) is 5.56 Å². The lowest BCUT2D eigenvalue weighted by atomic mass is 10.1. The third kappa shape index (κ3) is 3.89. The van der Waals surface area contributed by atoms with Crippen molar-refractivity contribution < 1.29 is 0 Å². The van der Waals surface area contributed by atoms with E-state index in [0.29, 0.717) is 6.54 Å². The fourth-order valence-corrected chi connectivity index (χ4v) is 2.24. The Morgan fingerprint density at radius 1 is 1.23 bits per heavy atom. The van der Waals surface area contributed by atoms with Gasteiger partial charge in [0, 0.05) is 18.3 Å². The van der Waals surface area contributed by atoms with Crippen LogP contribution in [0.4, 0.5) is 11.4 Å². The molecule has 0 unspecified atom stereocenters. The largest absolute Gasteiger partial charge is 0.374 e. The first kappa shape index (κ1) is 15.7. The van der Waals surface area contributed by atoms with E-state index in [-0.39, 0.29) is 0 Å². The summed E-state index contributed by atoms with van der Waals surface area (Å²) in [6.45, 7) is 4.58. The number of benzene rings is 2. The van der Waals surface area contributed by atoms with E-state index in [1.807, 2.05) is 55.4 Å². The smallest absolute Gasteiger partial charge is 0.0763 e. The Bertz CT molecular complexity index is 696. The Labute approximate surface area is 132 Å². The van der Waals surface area contributed by atoms with E-state index in [9.17, 15) is 0 Å². The second-order valence-electron chi connectivity index (χ2n) is 5.15. The van der Waals surface area contributed by atoms with Crippen molar-refractivity contribution in [3.8, 4) is 12.3 Å². The van der Waals surface area contributed by atoms with Crippen LogP contribution in [0.15, 0.2) is 53.6 Å². The van der Waals surface area contributed by atoms with Crippen LogP contribution < -0.4 is 10.3 Å². The molecule has 0 fully saturated rings. The van der Waals surface area contributed by atoms with Crippen molar-refractivity contribution in [1.82, 2.24) is 0 Å². The van der Waals surface area contributed by atoms with Crippen LogP contribution in [-0.2, 0) is 0 Å². The predicted octanol–water partition coefficient (Wildman–Crippen LogP) is 3.90. The van der Waals surface area contributed by atoms with Gasteiger partial charge in [0.1, 0.15) is 0 Å². The van der Waals surface area contributed by atoms with Crippen LogP contribution in [0.2, 0.25) is 0 Å². The van der Waals surface area contributed by atoms with Crippen LogP contribution in [0.5, 0.6) is 0 Å². The first-order chi connectivity index (χ1) is 10.6. The van der Waals surface area contributed by atoms with Gasteiger partial charge in [-0.05, 0) is 38.1 Å². The number of terminal acetylenes is 1. The van der Waals surface area contributed by atoms with E-state index < -0.39 is 0 Å². The maximum absolute atomic E-state index is 5.34. The number of aryl methyl sites for hydroxylation is 1. The van der Waals surface area contributed by atoms with E-state index in [0.717, 1.165) is 22.6 Å². The summed E-state index contributed by atoms with van der Waals surface area (Å²) < 4.78 is 0. The van der Waals surface area contributed by atoms with E-state index in [4.69, 9.17) is 6.42 Å². The van der Waals surface area contributed by atoms with Gasteiger partial charge >= 0.3 is 0 Å². The van der Waals surface area contributed by atoms with Crippen molar-refractivity contribution in [3.63, 3.8) is 0 Å². The molecule has 0 radical (unpaired) electrons. The highest BCUT2D eigenvalue weighted by atomic mass is 15.4. The average Bonchev–Trinajstić information content (AvgIpc) is 2.54. The standard InChI is InChI=1S/C19H21N3/c1-5-13-20-19-12-11-15(2)14-18(19)16(3)21-22(4)17-9-7-6-8-10-17/h1,6-12,14,20H,13H2,2-4H3/b21-16+. The number of hydrazone groups is 1. The lowest BCUT2D eigenvalue weighted by molar-refractivity contribution is 1.01. The molecule has 0 amide bonds. The van der Waals surface area contributed by atoms with Crippen molar-refractivity contribution in [2.45, 2.75) is 13.8 Å². The van der Waals surface area contributed by atoms with Crippen LogP contribution in [0.1, 0.15) is 18.1 Å². The van der Waals surface area contributed by atoms with Gasteiger partial charge in [-0.3, -0.25) is 5.01 Å². The van der Waals surface area contributed by atoms with Crippen LogP contribution >= 0.6 is 0 Å². The molecule has 0 aliphatic heterocycles. The van der Waals surface area contributed by atoms with Crippen molar-refractivity contribution in [2.75, 3.05) is 23.9 Å². The van der Waals surface area contributed by atoms with Gasteiger partial charge in [0.25, 0.3) is 0 Å². The Hall–Kier alpha value is -2.73. The second-order valence-corrected chi connectivity index (χ2v) is 5.15. The van der Waals surface area contributed by atoms with Crippen LogP contribution in [0.25, 0.3) is 0 Å². The van der Waals surface area contributed by atoms with Gasteiger partial charge in [0.05, 0.1) is 17.9 Å². The summed E-state index contributed by atoms with van der Waals surface area (Å²) in [4.78, 5) is 0. The molecule has 0 aliphatic rings. The highest BCUT2D eigenvalue weighted by Crippen LogP contribution is 2.20. The van der Waals surface area contributed by atoms with Gasteiger partial charge < -0.3 is 5.32 Å². The number of nitrogens with one attached hydrogen (secondary N) is 1. The van der Waals surface area contributed by atoms with Crippen LogP contribution in [0, 0.1) is 19.3 Å². The van der Waals surface area contributed by atoms with Crippen molar-refractivity contribution in [1.29, 1.82) is 0 Å². The van der Waals surface area contributed by atoms with Gasteiger partial charge in [-0.15, -0.1) is 6.42 Å². The van der Waals surface area contributed by atoms with Crippen molar-refractivity contribution in [2.24, 2.45) is 5.10 Å². The van der Waals surface area contributed by atoms with Gasteiger partial charge in [0.15, 0.2) is 0 Å². The Morgan fingerprint density at radius 3 is 2.64 bits per heavy atom. The number of anilines is 2. The fourth-order valence-electron chi connectivity index (χ4n) is 2.24. The minimum absolute atomic E-state index is 0.498. The zero-order valence-corrected chi connectivity index (χ0v) is 13.3. The first-order valence-electron chi connectivity index (χ1n) is 7.24. The van der Waals surface area contributed by atoms with Gasteiger partial charge in [-0.25, -0.2) is 0 Å². The van der Waals surface area contributed by atoms with Crippen LogP contribution in [-0.4, -0.2) is 19.3 Å². The molecule has 0 saturated heterocycles. The number of para-hydroxylation sites is 1. The molecule has 1 N–H and O–H groups in total. The lowest BCUT2D eigenvalue weighted by Crippen LogP contribution is -2.13. The summed E-state index contributed by atoms with van der Waals surface area (Å²) in [6.07, 6.45) is 5.34. The maximum atomic E-state index is 5.34. The quantitative estimate of drug-likeness (QED) is 0.514. The Kier molecular flexibility index (Phi) is 5.21. The Morgan fingerprint density at radius 2 is 1.95 bits per heavy atom. The summed E-state index contributed by atoms with van der Waals surface area (Å²) >= 11 is 0. The molecule has 0 heterocycles. The third-order valence-electron chi connectivity index (χ3n) is 3.38. The Balaban J connectivity index is 2.31. The normalized spacial score (nSPS) is 10.9. The fraction of sp³-hybridized carbons (Fsp3) is 0.211. The zero-order chi connectivity index (χ0) is 15.9. The van der Waals surface area contributed by atoms with Gasteiger partial charge in [-0.2, -0.15) is 5.10 Å². The molecular formula is C19H21N3. The molecular weight excluding hydrogens is 270 g/mol. The summed E-state index contributed by atoms with van der Waals surface area (Å²) in [5, 5.41) is 9.81. The first-order valence-corrected chi connectivity index (χ1v) is 7.24. The second kappa shape index (κ2) is 7.33. The molecule has 0 atom stereocenters. The van der Waals surface area contributed by atoms with E-state index in [1.54, 1.807) is 0 Å². The SMILES string of the molecule is C#CCNc1ccc(C)cc1/C(C)=N/N(C)c1ccccc1. The van der Waals surface area contributed by atoms with Gasteiger partial charge in [0.2, 0.25) is 0 Å². The molecule has 2 aromatic rings. The predicted molar refractivity (Wildman–Crippen MR) is 95.6 cm³/mol. The maximum Gasteiger partial charge on any atom is 0.0763 e. The minimum atomic E-state index is 0.498.